The number of imidazole rings is 1. The minimum absolute atomic E-state index is 0.0761. The third kappa shape index (κ3) is 3.32. The van der Waals surface area contributed by atoms with Crippen LogP contribution < -0.4 is 15.5 Å². The number of hydrogen-bond donors (Lipinski definition) is 2. The van der Waals surface area contributed by atoms with E-state index in [4.69, 9.17) is 0 Å². The Morgan fingerprint density at radius 2 is 1.97 bits per heavy atom. The Morgan fingerprint density at radius 1 is 1.10 bits per heavy atom. The number of amides is 2. The molecule has 8 nitrogen and oxygen atoms in total. The summed E-state index contributed by atoms with van der Waals surface area (Å²) in [7, 11) is 0. The number of aromatic nitrogens is 4. The normalized spacial score (nSPS) is 14.7. The van der Waals surface area contributed by atoms with E-state index in [1.165, 1.54) is 0 Å². The molecule has 1 aliphatic rings. The van der Waals surface area contributed by atoms with Crippen molar-refractivity contribution in [3.05, 3.63) is 72.7 Å². The average Bonchev–Trinajstić information content (AvgIpc) is 3.40. The van der Waals surface area contributed by atoms with Crippen molar-refractivity contribution in [2.45, 2.75) is 13.0 Å². The Kier molecular flexibility index (Phi) is 4.51. The summed E-state index contributed by atoms with van der Waals surface area (Å²) >= 11 is 0. The van der Waals surface area contributed by atoms with Gasteiger partial charge in [-0.15, -0.1) is 0 Å². The first-order valence-electron chi connectivity index (χ1n) is 9.86. The molecule has 0 aliphatic carbocycles. The van der Waals surface area contributed by atoms with Gasteiger partial charge in [0.15, 0.2) is 0 Å². The van der Waals surface area contributed by atoms with Crippen LogP contribution in [0.1, 0.15) is 18.5 Å². The number of urea groups is 1. The molecule has 1 aliphatic heterocycles. The second-order valence-corrected chi connectivity index (χ2v) is 7.19. The molecule has 8 heteroatoms. The van der Waals surface area contributed by atoms with Crippen molar-refractivity contribution in [3.8, 4) is 5.82 Å². The maximum atomic E-state index is 11.9. The Hall–Kier alpha value is -3.94. The van der Waals surface area contributed by atoms with Crippen LogP contribution in [0.15, 0.2) is 67.1 Å². The van der Waals surface area contributed by atoms with Crippen LogP contribution in [0.4, 0.5) is 16.4 Å². The number of fused-ring (bicyclic) bond motifs is 1. The molecule has 1 fully saturated rings. The molecule has 0 saturated carbocycles. The van der Waals surface area contributed by atoms with Gasteiger partial charge in [0.1, 0.15) is 12.1 Å². The second kappa shape index (κ2) is 7.47. The van der Waals surface area contributed by atoms with Crippen LogP contribution in [0.2, 0.25) is 0 Å². The third-order valence-corrected chi connectivity index (χ3v) is 5.23. The quantitative estimate of drug-likeness (QED) is 0.536. The van der Waals surface area contributed by atoms with Gasteiger partial charge in [0.2, 0.25) is 5.95 Å². The zero-order valence-electron chi connectivity index (χ0n) is 16.5. The minimum atomic E-state index is -0.0761. The molecule has 1 atom stereocenters. The molecule has 3 heterocycles. The zero-order chi connectivity index (χ0) is 20.5. The summed E-state index contributed by atoms with van der Waals surface area (Å²) in [6.07, 6.45) is 3.47. The summed E-state index contributed by atoms with van der Waals surface area (Å²) in [5.41, 5.74) is 3.72. The third-order valence-electron chi connectivity index (χ3n) is 5.23. The molecule has 0 spiro atoms. The summed E-state index contributed by atoms with van der Waals surface area (Å²) in [5, 5.41) is 6.17. The molecular formula is C22H21N7O. The van der Waals surface area contributed by atoms with Gasteiger partial charge < -0.3 is 10.6 Å². The smallest absolute Gasteiger partial charge is 0.321 e. The van der Waals surface area contributed by atoms with Crippen LogP contribution in [0.25, 0.3) is 16.9 Å². The lowest BCUT2D eigenvalue weighted by Crippen LogP contribution is -2.27. The summed E-state index contributed by atoms with van der Waals surface area (Å²) in [5.74, 6) is 1.28. The zero-order valence-corrected chi connectivity index (χ0v) is 16.5. The van der Waals surface area contributed by atoms with E-state index in [9.17, 15) is 4.79 Å². The van der Waals surface area contributed by atoms with Gasteiger partial charge in [-0.1, -0.05) is 30.3 Å². The number of rotatable bonds is 5. The standard InChI is InChI=1S/C22H21N7O/c1-15(16-5-3-2-4-6-16)26-21-23-10-9-20(27-21)29-14-25-18-13-17(7-8-19(18)29)28-12-11-24-22(28)30/h2-10,13-15H,11-12H2,1H3,(H,24,30)(H,23,26,27). The fraction of sp³-hybridized carbons (Fsp3) is 0.182. The van der Waals surface area contributed by atoms with Crippen molar-refractivity contribution >= 4 is 28.7 Å². The molecule has 2 N–H and O–H groups in total. The Labute approximate surface area is 173 Å². The molecule has 0 radical (unpaired) electrons. The fourth-order valence-corrected chi connectivity index (χ4v) is 3.64. The van der Waals surface area contributed by atoms with E-state index in [2.05, 4.69) is 44.6 Å². The van der Waals surface area contributed by atoms with E-state index >= 15 is 0 Å². The van der Waals surface area contributed by atoms with Crippen molar-refractivity contribution in [1.29, 1.82) is 0 Å². The van der Waals surface area contributed by atoms with E-state index in [0.29, 0.717) is 19.0 Å². The lowest BCUT2D eigenvalue weighted by Gasteiger charge is -2.15. The van der Waals surface area contributed by atoms with Crippen LogP contribution in [-0.4, -0.2) is 38.6 Å². The highest BCUT2D eigenvalue weighted by Gasteiger charge is 2.21. The molecule has 1 unspecified atom stereocenters. The van der Waals surface area contributed by atoms with Crippen molar-refractivity contribution in [3.63, 3.8) is 0 Å². The molecule has 2 aromatic carbocycles. The number of carbonyl (C=O) groups is 1. The van der Waals surface area contributed by atoms with E-state index in [0.717, 1.165) is 28.1 Å². The predicted octanol–water partition coefficient (Wildman–Crippen LogP) is 3.52. The highest BCUT2D eigenvalue weighted by Crippen LogP contribution is 2.25. The molecule has 2 aromatic heterocycles. The maximum absolute atomic E-state index is 11.9. The number of hydrogen-bond acceptors (Lipinski definition) is 5. The minimum Gasteiger partial charge on any atom is -0.348 e. The molecule has 4 aromatic rings. The van der Waals surface area contributed by atoms with Gasteiger partial charge in [0.25, 0.3) is 0 Å². The first-order chi connectivity index (χ1) is 14.7. The van der Waals surface area contributed by atoms with E-state index in [1.54, 1.807) is 17.4 Å². The SMILES string of the molecule is CC(Nc1nccc(-n2cnc3cc(N4CCNC4=O)ccc32)n1)c1ccccc1. The molecule has 2 amide bonds. The van der Waals surface area contributed by atoms with Crippen LogP contribution in [-0.2, 0) is 0 Å². The van der Waals surface area contributed by atoms with Crippen LogP contribution in [0.5, 0.6) is 0 Å². The lowest BCUT2D eigenvalue weighted by atomic mass is 10.1. The number of carbonyl (C=O) groups excluding carboxylic acids is 1. The monoisotopic (exact) mass is 399 g/mol. The van der Waals surface area contributed by atoms with E-state index in [-0.39, 0.29) is 12.1 Å². The summed E-state index contributed by atoms with van der Waals surface area (Å²) in [4.78, 5) is 27.2. The number of nitrogens with one attached hydrogen (secondary N) is 2. The number of benzene rings is 2. The molecule has 5 rings (SSSR count). The van der Waals surface area contributed by atoms with Crippen LogP contribution in [0, 0.1) is 0 Å². The van der Waals surface area contributed by atoms with Gasteiger partial charge in [-0.05, 0) is 36.8 Å². The highest BCUT2D eigenvalue weighted by molar-refractivity contribution is 5.96. The summed E-state index contributed by atoms with van der Waals surface area (Å²) < 4.78 is 1.92. The van der Waals surface area contributed by atoms with Crippen LogP contribution >= 0.6 is 0 Å². The molecule has 1 saturated heterocycles. The molecule has 150 valence electrons. The molecule has 30 heavy (non-hydrogen) atoms. The summed E-state index contributed by atoms with van der Waals surface area (Å²) in [6, 6.07) is 17.9. The second-order valence-electron chi connectivity index (χ2n) is 7.19. The number of anilines is 2. The Bertz CT molecular complexity index is 1200. The first-order valence-corrected chi connectivity index (χ1v) is 9.86. The van der Waals surface area contributed by atoms with Gasteiger partial charge >= 0.3 is 6.03 Å². The van der Waals surface area contributed by atoms with Gasteiger partial charge in [0, 0.05) is 25.0 Å². The van der Waals surface area contributed by atoms with Gasteiger partial charge in [-0.25, -0.2) is 14.8 Å². The predicted molar refractivity (Wildman–Crippen MR) is 116 cm³/mol. The lowest BCUT2D eigenvalue weighted by molar-refractivity contribution is 0.252. The highest BCUT2D eigenvalue weighted by atomic mass is 16.2. The van der Waals surface area contributed by atoms with Crippen LogP contribution in [0.3, 0.4) is 0 Å². The Balaban J connectivity index is 1.43. The van der Waals surface area contributed by atoms with E-state index < -0.39 is 0 Å². The molecular weight excluding hydrogens is 378 g/mol. The van der Waals surface area contributed by atoms with Gasteiger partial charge in [-0.3, -0.25) is 9.47 Å². The van der Waals surface area contributed by atoms with Crippen molar-refractivity contribution < 1.29 is 4.79 Å². The first kappa shape index (κ1) is 18.1. The average molecular weight is 399 g/mol. The van der Waals surface area contributed by atoms with Gasteiger partial charge in [0.05, 0.1) is 17.1 Å². The van der Waals surface area contributed by atoms with E-state index in [1.807, 2.05) is 47.0 Å². The fourth-order valence-electron chi connectivity index (χ4n) is 3.64. The maximum Gasteiger partial charge on any atom is 0.321 e. The molecule has 0 bridgehead atoms. The Morgan fingerprint density at radius 3 is 2.77 bits per heavy atom. The van der Waals surface area contributed by atoms with Crippen molar-refractivity contribution in [1.82, 2.24) is 24.8 Å². The number of nitrogens with zero attached hydrogens (tertiary/aromatic N) is 5. The van der Waals surface area contributed by atoms with Gasteiger partial charge in [-0.2, -0.15) is 4.98 Å². The largest absolute Gasteiger partial charge is 0.348 e. The van der Waals surface area contributed by atoms with Crippen molar-refractivity contribution in [2.75, 3.05) is 23.3 Å². The van der Waals surface area contributed by atoms with Crippen molar-refractivity contribution in [2.24, 2.45) is 0 Å². The topological polar surface area (TPSA) is 88.0 Å². The summed E-state index contributed by atoms with van der Waals surface area (Å²) in [6.45, 7) is 3.39.